The van der Waals surface area contributed by atoms with E-state index in [0.717, 1.165) is 44.9 Å². The smallest absolute Gasteiger partial charge is 0.246 e. The molecule has 0 radical (unpaired) electrons. The summed E-state index contributed by atoms with van der Waals surface area (Å²) in [5.74, 6) is 1.38. The summed E-state index contributed by atoms with van der Waals surface area (Å²) in [6, 6.07) is -0.625. The molecule has 3 fully saturated rings. The molecular weight excluding hydrogens is 426 g/mol. The number of carbonyl (C=O) groups is 3. The maximum absolute atomic E-state index is 13.1. The fourth-order valence-corrected chi connectivity index (χ4v) is 4.62. The minimum atomic E-state index is -0.522. The van der Waals surface area contributed by atoms with Crippen molar-refractivity contribution in [2.24, 2.45) is 23.0 Å². The van der Waals surface area contributed by atoms with Gasteiger partial charge >= 0.3 is 0 Å². The van der Waals surface area contributed by atoms with Gasteiger partial charge in [-0.15, -0.1) is 6.58 Å². The predicted octanol–water partition coefficient (Wildman–Crippen LogP) is 5.13. The summed E-state index contributed by atoms with van der Waals surface area (Å²) in [5, 5.41) is 3.02. The van der Waals surface area contributed by atoms with Gasteiger partial charge in [-0.05, 0) is 56.8 Å². The summed E-state index contributed by atoms with van der Waals surface area (Å²) in [6.45, 7) is 17.7. The quantitative estimate of drug-likeness (QED) is 0.499. The van der Waals surface area contributed by atoms with Crippen molar-refractivity contribution >= 4 is 17.6 Å². The van der Waals surface area contributed by atoms with Gasteiger partial charge in [-0.3, -0.25) is 14.4 Å². The average molecular weight is 476 g/mol. The van der Waals surface area contributed by atoms with Crippen LogP contribution >= 0.6 is 0 Å². The second kappa shape index (κ2) is 14.3. The Bertz CT molecular complexity index is 700. The second-order valence-corrected chi connectivity index (χ2v) is 11.0. The van der Waals surface area contributed by atoms with Gasteiger partial charge in [0.05, 0.1) is 6.04 Å². The SMILES string of the molecule is C=C(N)C1CCCN1C(=O)C(NC(=O)CC1CCCC1)C(C)(C)C.C=CC.CCC(=O)C1CC1. The third-order valence-corrected chi connectivity index (χ3v) is 6.71. The van der Waals surface area contributed by atoms with E-state index in [-0.39, 0.29) is 23.3 Å². The third kappa shape index (κ3) is 10.0. The molecule has 1 heterocycles. The van der Waals surface area contributed by atoms with Crippen LogP contribution in [-0.2, 0) is 14.4 Å². The predicted molar refractivity (Wildman–Crippen MR) is 140 cm³/mol. The van der Waals surface area contributed by atoms with E-state index in [1.807, 2.05) is 34.6 Å². The summed E-state index contributed by atoms with van der Waals surface area (Å²) in [4.78, 5) is 37.9. The van der Waals surface area contributed by atoms with Crippen LogP contribution in [0, 0.1) is 17.3 Å². The molecule has 0 aromatic heterocycles. The van der Waals surface area contributed by atoms with Gasteiger partial charge in [-0.1, -0.05) is 53.2 Å². The van der Waals surface area contributed by atoms with E-state index in [9.17, 15) is 14.4 Å². The molecule has 0 bridgehead atoms. The number of nitrogens with two attached hydrogens (primary N) is 1. The Kier molecular flexibility index (Phi) is 12.6. The van der Waals surface area contributed by atoms with Crippen LogP contribution in [-0.4, -0.2) is 41.1 Å². The molecule has 2 atom stereocenters. The summed E-state index contributed by atoms with van der Waals surface area (Å²) < 4.78 is 0. The molecular formula is C28H49N3O3. The molecule has 2 aliphatic carbocycles. The van der Waals surface area contributed by atoms with Gasteiger partial charge in [0.15, 0.2) is 0 Å². The van der Waals surface area contributed by atoms with Crippen molar-refractivity contribution in [2.45, 2.75) is 111 Å². The first kappa shape index (κ1) is 29.9. The van der Waals surface area contributed by atoms with Crippen LogP contribution in [0.5, 0.6) is 0 Å². The summed E-state index contributed by atoms with van der Waals surface area (Å²) >= 11 is 0. The van der Waals surface area contributed by atoms with Gasteiger partial charge in [0.1, 0.15) is 11.8 Å². The summed E-state index contributed by atoms with van der Waals surface area (Å²) in [5.41, 5.74) is 6.06. The highest BCUT2D eigenvalue weighted by Crippen LogP contribution is 2.31. The maximum Gasteiger partial charge on any atom is 0.246 e. The van der Waals surface area contributed by atoms with Crippen LogP contribution in [0.4, 0.5) is 0 Å². The topological polar surface area (TPSA) is 92.5 Å². The lowest BCUT2D eigenvalue weighted by Gasteiger charge is -2.36. The molecule has 0 aromatic carbocycles. The molecule has 3 N–H and O–H groups in total. The summed E-state index contributed by atoms with van der Waals surface area (Å²) in [6.07, 6.45) is 11.8. The molecule has 6 heteroatoms. The van der Waals surface area contributed by atoms with Crippen LogP contribution in [0.2, 0.25) is 0 Å². The number of hydrogen-bond acceptors (Lipinski definition) is 4. The number of ketones is 1. The van der Waals surface area contributed by atoms with E-state index in [4.69, 9.17) is 5.73 Å². The largest absolute Gasteiger partial charge is 0.401 e. The first-order valence-corrected chi connectivity index (χ1v) is 13.1. The number of nitrogens with zero attached hydrogens (tertiary/aromatic N) is 1. The Hall–Kier alpha value is -2.11. The van der Waals surface area contributed by atoms with Crippen LogP contribution < -0.4 is 11.1 Å². The fourth-order valence-electron chi connectivity index (χ4n) is 4.62. The molecule has 2 amide bonds. The number of likely N-dealkylation sites (tertiary alicyclic amines) is 1. The van der Waals surface area contributed by atoms with Gasteiger partial charge in [0.2, 0.25) is 11.8 Å². The average Bonchev–Trinajstić information content (AvgIpc) is 3.26. The molecule has 194 valence electrons. The number of amides is 2. The Balaban J connectivity index is 0.000000480. The second-order valence-electron chi connectivity index (χ2n) is 11.0. The highest BCUT2D eigenvalue weighted by Gasteiger charge is 2.40. The number of nitrogens with one attached hydrogen (secondary N) is 1. The van der Waals surface area contributed by atoms with Crippen LogP contribution in [0.3, 0.4) is 0 Å². The van der Waals surface area contributed by atoms with Crippen LogP contribution in [0.1, 0.15) is 98.8 Å². The highest BCUT2D eigenvalue weighted by atomic mass is 16.2. The minimum Gasteiger partial charge on any atom is -0.401 e. The normalized spacial score (nSPS) is 20.9. The number of rotatable bonds is 7. The van der Waals surface area contributed by atoms with Crippen molar-refractivity contribution in [3.8, 4) is 0 Å². The Morgan fingerprint density at radius 3 is 2.06 bits per heavy atom. The molecule has 2 saturated carbocycles. The van der Waals surface area contributed by atoms with Gasteiger partial charge in [-0.25, -0.2) is 0 Å². The zero-order valence-electron chi connectivity index (χ0n) is 22.3. The molecule has 6 nitrogen and oxygen atoms in total. The molecule has 34 heavy (non-hydrogen) atoms. The molecule has 1 saturated heterocycles. The lowest BCUT2D eigenvalue weighted by Crippen LogP contribution is -2.56. The van der Waals surface area contributed by atoms with Crippen molar-refractivity contribution in [1.29, 1.82) is 0 Å². The van der Waals surface area contributed by atoms with Crippen molar-refractivity contribution < 1.29 is 14.4 Å². The number of hydrogen-bond donors (Lipinski definition) is 2. The minimum absolute atomic E-state index is 0.00232. The first-order chi connectivity index (χ1) is 16.0. The zero-order valence-corrected chi connectivity index (χ0v) is 22.3. The lowest BCUT2D eigenvalue weighted by molar-refractivity contribution is -0.140. The molecule has 0 spiro atoms. The van der Waals surface area contributed by atoms with E-state index in [1.54, 1.807) is 11.0 Å². The van der Waals surface area contributed by atoms with Gasteiger partial charge < -0.3 is 16.0 Å². The maximum atomic E-state index is 13.1. The van der Waals surface area contributed by atoms with Gasteiger partial charge in [0.25, 0.3) is 0 Å². The first-order valence-electron chi connectivity index (χ1n) is 13.1. The monoisotopic (exact) mass is 475 g/mol. The van der Waals surface area contributed by atoms with Crippen LogP contribution in [0.25, 0.3) is 0 Å². The molecule has 3 rings (SSSR count). The Labute approximate surface area is 207 Å². The number of allylic oxidation sites excluding steroid dienone is 1. The third-order valence-electron chi connectivity index (χ3n) is 6.71. The van der Waals surface area contributed by atoms with E-state index >= 15 is 0 Å². The van der Waals surface area contributed by atoms with Crippen molar-refractivity contribution in [1.82, 2.24) is 10.2 Å². The van der Waals surface area contributed by atoms with E-state index in [1.165, 1.54) is 12.8 Å². The standard InChI is InChI=1S/C19H33N3O2.C6H10O.C3H6/c1-13(20)15-10-7-11-22(15)18(24)17(19(2,3)4)21-16(23)12-14-8-5-6-9-14;1-2-6(7)5-3-4-5;1-3-2/h14-15,17H,1,5-12,20H2,2-4H3,(H,21,23);5H,2-4H2,1H3;3H,1H2,2H3. The van der Waals surface area contributed by atoms with Gasteiger partial charge in [-0.2, -0.15) is 0 Å². The Morgan fingerprint density at radius 1 is 1.09 bits per heavy atom. The molecule has 0 aromatic rings. The van der Waals surface area contributed by atoms with Gasteiger partial charge in [0, 0.05) is 31.0 Å². The lowest BCUT2D eigenvalue weighted by atomic mass is 9.85. The fraction of sp³-hybridized carbons (Fsp3) is 0.750. The molecule has 1 aliphatic heterocycles. The van der Waals surface area contributed by atoms with E-state index in [2.05, 4.69) is 18.5 Å². The highest BCUT2D eigenvalue weighted by molar-refractivity contribution is 5.89. The van der Waals surface area contributed by atoms with E-state index in [0.29, 0.717) is 36.3 Å². The van der Waals surface area contributed by atoms with Crippen molar-refractivity contribution in [3.63, 3.8) is 0 Å². The van der Waals surface area contributed by atoms with Crippen LogP contribution in [0.15, 0.2) is 24.9 Å². The summed E-state index contributed by atoms with van der Waals surface area (Å²) in [7, 11) is 0. The zero-order chi connectivity index (χ0) is 25.9. The van der Waals surface area contributed by atoms with Crippen molar-refractivity contribution in [3.05, 3.63) is 24.9 Å². The Morgan fingerprint density at radius 2 is 1.65 bits per heavy atom. The number of carbonyl (C=O) groups excluding carboxylic acids is 3. The number of Topliss-reactive ketones (excluding diaryl/α,β-unsaturated/α-hetero) is 1. The molecule has 2 unspecified atom stereocenters. The van der Waals surface area contributed by atoms with E-state index < -0.39 is 6.04 Å². The van der Waals surface area contributed by atoms with Crippen molar-refractivity contribution in [2.75, 3.05) is 6.54 Å². The molecule has 3 aliphatic rings.